The lowest BCUT2D eigenvalue weighted by Crippen LogP contribution is -2.08. The zero-order valence-corrected chi connectivity index (χ0v) is 13.0. The summed E-state index contributed by atoms with van der Waals surface area (Å²) in [4.78, 5) is 0. The van der Waals surface area contributed by atoms with Gasteiger partial charge in [0.1, 0.15) is 5.75 Å². The van der Waals surface area contributed by atoms with E-state index < -0.39 is 0 Å². The molecule has 0 aliphatic heterocycles. The molecule has 1 unspecified atom stereocenters. The van der Waals surface area contributed by atoms with Crippen LogP contribution in [0.4, 0.5) is 0 Å². The summed E-state index contributed by atoms with van der Waals surface area (Å²) in [6, 6.07) is 4.39. The maximum atomic E-state index is 6.14. The third-order valence-electron chi connectivity index (χ3n) is 3.25. The van der Waals surface area contributed by atoms with Crippen molar-refractivity contribution >= 4 is 11.6 Å². The van der Waals surface area contributed by atoms with E-state index in [0.717, 1.165) is 12.2 Å². The summed E-state index contributed by atoms with van der Waals surface area (Å²) in [6.45, 7) is 11.5. The van der Waals surface area contributed by atoms with Crippen molar-refractivity contribution in [2.24, 2.45) is 5.92 Å². The van der Waals surface area contributed by atoms with Gasteiger partial charge in [0.25, 0.3) is 0 Å². The number of benzene rings is 1. The van der Waals surface area contributed by atoms with Crippen molar-refractivity contribution in [3.05, 3.63) is 28.8 Å². The highest BCUT2D eigenvalue weighted by Crippen LogP contribution is 2.32. The van der Waals surface area contributed by atoms with Crippen molar-refractivity contribution in [2.45, 2.75) is 47.0 Å². The van der Waals surface area contributed by atoms with Gasteiger partial charge < -0.3 is 4.74 Å². The van der Waals surface area contributed by atoms with Crippen LogP contribution in [0.1, 0.15) is 49.8 Å². The highest BCUT2D eigenvalue weighted by molar-refractivity contribution is 6.18. The Morgan fingerprint density at radius 1 is 1.17 bits per heavy atom. The minimum Gasteiger partial charge on any atom is -0.494 e. The Morgan fingerprint density at radius 2 is 1.83 bits per heavy atom. The molecule has 0 heterocycles. The molecule has 1 aromatic carbocycles. The largest absolute Gasteiger partial charge is 0.494 e. The summed E-state index contributed by atoms with van der Waals surface area (Å²) < 4.78 is 5.63. The van der Waals surface area contributed by atoms with E-state index in [9.17, 15) is 0 Å². The Labute approximate surface area is 116 Å². The predicted molar refractivity (Wildman–Crippen MR) is 80.0 cm³/mol. The minimum absolute atomic E-state index is 0.445. The molecule has 0 amide bonds. The quantitative estimate of drug-likeness (QED) is 0.655. The highest BCUT2D eigenvalue weighted by atomic mass is 35.5. The van der Waals surface area contributed by atoms with Crippen molar-refractivity contribution in [1.29, 1.82) is 0 Å². The fourth-order valence-corrected chi connectivity index (χ4v) is 2.70. The smallest absolute Gasteiger partial charge is 0.122 e. The number of aryl methyl sites for hydroxylation is 2. The van der Waals surface area contributed by atoms with Crippen LogP contribution < -0.4 is 4.74 Å². The Kier molecular flexibility index (Phi) is 6.01. The number of ether oxygens (including phenoxy) is 1. The average molecular weight is 269 g/mol. The minimum atomic E-state index is 0.445. The lowest BCUT2D eigenvalue weighted by molar-refractivity contribution is 0.337. The first kappa shape index (κ1) is 15.4. The molecular weight excluding hydrogens is 244 g/mol. The Bertz CT molecular complexity index is 385. The monoisotopic (exact) mass is 268 g/mol. The molecule has 0 aliphatic rings. The summed E-state index contributed by atoms with van der Waals surface area (Å²) in [5.41, 5.74) is 3.87. The van der Waals surface area contributed by atoms with Gasteiger partial charge in [0.05, 0.1) is 6.61 Å². The van der Waals surface area contributed by atoms with E-state index in [1.54, 1.807) is 0 Å². The van der Waals surface area contributed by atoms with E-state index in [0.29, 0.717) is 24.3 Å². The molecule has 1 aromatic rings. The molecule has 1 nitrogen and oxygen atoms in total. The number of hydrogen-bond donors (Lipinski definition) is 0. The third kappa shape index (κ3) is 3.91. The third-order valence-corrected chi connectivity index (χ3v) is 3.62. The molecule has 0 saturated carbocycles. The van der Waals surface area contributed by atoms with Gasteiger partial charge in [-0.1, -0.05) is 19.9 Å². The SMILES string of the molecule is CCOc1cc(C)c(C(CCl)CC(C)C)cc1C. The molecular formula is C16H25ClO. The fraction of sp³-hybridized carbons (Fsp3) is 0.625. The van der Waals surface area contributed by atoms with Crippen LogP contribution in [0.3, 0.4) is 0 Å². The van der Waals surface area contributed by atoms with Crippen LogP contribution >= 0.6 is 11.6 Å². The van der Waals surface area contributed by atoms with Crippen LogP contribution in [-0.2, 0) is 0 Å². The molecule has 0 aliphatic carbocycles. The van der Waals surface area contributed by atoms with Gasteiger partial charge in [-0.15, -0.1) is 11.6 Å². The van der Waals surface area contributed by atoms with Crippen LogP contribution in [0.15, 0.2) is 12.1 Å². The standard InChI is InChI=1S/C16H25ClO/c1-6-18-16-9-12(4)15(8-13(16)5)14(10-17)7-11(2)3/h8-9,11,14H,6-7,10H2,1-5H3. The zero-order chi connectivity index (χ0) is 13.7. The van der Waals surface area contributed by atoms with Gasteiger partial charge in [-0.25, -0.2) is 0 Å². The van der Waals surface area contributed by atoms with E-state index >= 15 is 0 Å². The van der Waals surface area contributed by atoms with Gasteiger partial charge in [-0.3, -0.25) is 0 Å². The van der Waals surface area contributed by atoms with E-state index in [4.69, 9.17) is 16.3 Å². The van der Waals surface area contributed by atoms with Crippen LogP contribution in [0, 0.1) is 19.8 Å². The summed E-state index contributed by atoms with van der Waals surface area (Å²) in [6.07, 6.45) is 1.14. The first-order valence-electron chi connectivity index (χ1n) is 6.79. The van der Waals surface area contributed by atoms with Crippen molar-refractivity contribution < 1.29 is 4.74 Å². The number of alkyl halides is 1. The lowest BCUT2D eigenvalue weighted by Gasteiger charge is -2.21. The normalized spacial score (nSPS) is 12.8. The Hall–Kier alpha value is -0.690. The van der Waals surface area contributed by atoms with Crippen molar-refractivity contribution in [1.82, 2.24) is 0 Å². The van der Waals surface area contributed by atoms with Crippen molar-refractivity contribution in [2.75, 3.05) is 12.5 Å². The van der Waals surface area contributed by atoms with Crippen LogP contribution in [0.25, 0.3) is 0 Å². The van der Waals surface area contributed by atoms with E-state index in [1.807, 2.05) is 6.92 Å². The molecule has 0 aromatic heterocycles. The maximum absolute atomic E-state index is 6.14. The van der Waals surface area contributed by atoms with E-state index in [1.165, 1.54) is 16.7 Å². The molecule has 0 bridgehead atoms. The van der Waals surface area contributed by atoms with Crippen molar-refractivity contribution in [3.63, 3.8) is 0 Å². The summed E-state index contributed by atoms with van der Waals surface area (Å²) in [7, 11) is 0. The molecule has 0 saturated heterocycles. The summed E-state index contributed by atoms with van der Waals surface area (Å²) >= 11 is 6.14. The summed E-state index contributed by atoms with van der Waals surface area (Å²) in [5.74, 6) is 2.80. The topological polar surface area (TPSA) is 9.23 Å². The van der Waals surface area contributed by atoms with E-state index in [-0.39, 0.29) is 0 Å². The van der Waals surface area contributed by atoms with Crippen LogP contribution in [0.5, 0.6) is 5.75 Å². The lowest BCUT2D eigenvalue weighted by atomic mass is 9.88. The van der Waals surface area contributed by atoms with Crippen LogP contribution in [-0.4, -0.2) is 12.5 Å². The summed E-state index contributed by atoms with van der Waals surface area (Å²) in [5, 5.41) is 0. The van der Waals surface area contributed by atoms with Gasteiger partial charge >= 0.3 is 0 Å². The van der Waals surface area contributed by atoms with Gasteiger partial charge in [0, 0.05) is 5.88 Å². The fourth-order valence-electron chi connectivity index (χ4n) is 2.40. The molecule has 1 atom stereocenters. The van der Waals surface area contributed by atoms with E-state index in [2.05, 4.69) is 39.8 Å². The Balaban J connectivity index is 3.04. The second-order valence-corrected chi connectivity index (χ2v) is 5.70. The first-order chi connectivity index (χ1) is 8.49. The molecule has 1 rings (SSSR count). The Morgan fingerprint density at radius 3 is 2.33 bits per heavy atom. The average Bonchev–Trinajstić information content (AvgIpc) is 2.30. The van der Waals surface area contributed by atoms with Gasteiger partial charge in [0.15, 0.2) is 0 Å². The predicted octanol–water partition coefficient (Wildman–Crippen LogP) is 5.07. The van der Waals surface area contributed by atoms with Gasteiger partial charge in [-0.05, 0) is 61.8 Å². The first-order valence-corrected chi connectivity index (χ1v) is 7.32. The van der Waals surface area contributed by atoms with Gasteiger partial charge in [0.2, 0.25) is 0 Å². The van der Waals surface area contributed by atoms with Gasteiger partial charge in [-0.2, -0.15) is 0 Å². The molecule has 0 spiro atoms. The molecule has 0 N–H and O–H groups in total. The number of rotatable bonds is 6. The number of hydrogen-bond acceptors (Lipinski definition) is 1. The molecule has 18 heavy (non-hydrogen) atoms. The number of halogens is 1. The highest BCUT2D eigenvalue weighted by Gasteiger charge is 2.16. The maximum Gasteiger partial charge on any atom is 0.122 e. The zero-order valence-electron chi connectivity index (χ0n) is 12.2. The second kappa shape index (κ2) is 7.04. The molecule has 0 radical (unpaired) electrons. The molecule has 2 heteroatoms. The molecule has 0 fully saturated rings. The second-order valence-electron chi connectivity index (χ2n) is 5.39. The molecule has 102 valence electrons. The van der Waals surface area contributed by atoms with Crippen LogP contribution in [0.2, 0.25) is 0 Å². The van der Waals surface area contributed by atoms with Crippen molar-refractivity contribution in [3.8, 4) is 5.75 Å².